The summed E-state index contributed by atoms with van der Waals surface area (Å²) in [5, 5.41) is 0.673. The maximum atomic E-state index is 13.9. The molecular formula is C24H27ClF2N2O2. The first-order valence-electron chi connectivity index (χ1n) is 10.8. The molecule has 1 aliphatic carbocycles. The Morgan fingerprint density at radius 3 is 2.68 bits per heavy atom. The van der Waals surface area contributed by atoms with Crippen molar-refractivity contribution in [2.45, 2.75) is 38.3 Å². The van der Waals surface area contributed by atoms with E-state index in [2.05, 4.69) is 4.90 Å². The van der Waals surface area contributed by atoms with Gasteiger partial charge in [0, 0.05) is 20.1 Å². The molecule has 0 atom stereocenters. The van der Waals surface area contributed by atoms with Crippen LogP contribution in [0.5, 0.6) is 5.75 Å². The number of amides is 1. The van der Waals surface area contributed by atoms with E-state index in [1.807, 2.05) is 18.2 Å². The molecule has 0 N–H and O–H groups in total. The largest absolute Gasteiger partial charge is 0.489 e. The van der Waals surface area contributed by atoms with Gasteiger partial charge in [-0.25, -0.2) is 8.78 Å². The monoisotopic (exact) mass is 448 g/mol. The third kappa shape index (κ3) is 5.18. The number of rotatable bonds is 7. The average Bonchev–Trinajstić information content (AvgIpc) is 3.23. The Labute approximate surface area is 186 Å². The van der Waals surface area contributed by atoms with Crippen molar-refractivity contribution >= 4 is 17.5 Å². The van der Waals surface area contributed by atoms with Gasteiger partial charge in [0.25, 0.3) is 5.91 Å². The van der Waals surface area contributed by atoms with E-state index in [1.54, 1.807) is 7.05 Å². The van der Waals surface area contributed by atoms with Crippen LogP contribution in [0.3, 0.4) is 0 Å². The van der Waals surface area contributed by atoms with Crippen LogP contribution in [0.2, 0.25) is 5.02 Å². The summed E-state index contributed by atoms with van der Waals surface area (Å²) in [4.78, 5) is 16.3. The highest BCUT2D eigenvalue weighted by molar-refractivity contribution is 6.32. The Morgan fingerprint density at radius 1 is 1.19 bits per heavy atom. The van der Waals surface area contributed by atoms with Gasteiger partial charge in [0.05, 0.1) is 16.7 Å². The lowest BCUT2D eigenvalue weighted by molar-refractivity contribution is 0.0417. The van der Waals surface area contributed by atoms with Crippen LogP contribution < -0.4 is 4.74 Å². The van der Waals surface area contributed by atoms with Crippen LogP contribution in [-0.4, -0.2) is 48.5 Å². The van der Waals surface area contributed by atoms with Gasteiger partial charge >= 0.3 is 0 Å². The number of hydrogen-bond acceptors (Lipinski definition) is 3. The van der Waals surface area contributed by atoms with Crippen molar-refractivity contribution in [3.63, 3.8) is 0 Å². The zero-order valence-electron chi connectivity index (χ0n) is 17.6. The summed E-state index contributed by atoms with van der Waals surface area (Å²) in [6, 6.07) is 8.84. The van der Waals surface area contributed by atoms with Crippen molar-refractivity contribution < 1.29 is 18.3 Å². The van der Waals surface area contributed by atoms with Gasteiger partial charge in [-0.3, -0.25) is 9.69 Å². The van der Waals surface area contributed by atoms with Gasteiger partial charge in [-0.05, 0) is 74.5 Å². The number of carbonyl (C=O) groups excluding carboxylic acids is 1. The van der Waals surface area contributed by atoms with Gasteiger partial charge in [-0.2, -0.15) is 0 Å². The predicted molar refractivity (Wildman–Crippen MR) is 116 cm³/mol. The van der Waals surface area contributed by atoms with Crippen molar-refractivity contribution in [3.8, 4) is 5.75 Å². The Kier molecular flexibility index (Phi) is 6.77. The second-order valence-corrected chi connectivity index (χ2v) is 8.98. The van der Waals surface area contributed by atoms with Gasteiger partial charge in [0.15, 0.2) is 0 Å². The Hall–Kier alpha value is -2.18. The lowest BCUT2D eigenvalue weighted by Crippen LogP contribution is -2.42. The van der Waals surface area contributed by atoms with Crippen LogP contribution in [0.4, 0.5) is 8.78 Å². The lowest BCUT2D eigenvalue weighted by Gasteiger charge is -2.37. The highest BCUT2D eigenvalue weighted by Gasteiger charge is 2.33. The minimum atomic E-state index is -0.712. The van der Waals surface area contributed by atoms with Gasteiger partial charge in [-0.1, -0.05) is 23.7 Å². The molecule has 2 aromatic carbocycles. The first-order valence-corrected chi connectivity index (χ1v) is 11.2. The Bertz CT molecular complexity index is 943. The minimum absolute atomic E-state index is 0.0407. The van der Waals surface area contributed by atoms with Gasteiger partial charge in [-0.15, -0.1) is 0 Å². The summed E-state index contributed by atoms with van der Waals surface area (Å²) in [5.41, 5.74) is 0.843. The topological polar surface area (TPSA) is 32.8 Å². The summed E-state index contributed by atoms with van der Waals surface area (Å²) in [6.45, 7) is 3.53. The van der Waals surface area contributed by atoms with Crippen LogP contribution in [0.25, 0.3) is 0 Å². The fraction of sp³-hybridized carbons (Fsp3) is 0.458. The summed E-state index contributed by atoms with van der Waals surface area (Å²) < 4.78 is 33.4. The standard InChI is InChI=1S/C24H27ClF2N2O2/c1-28(24(30)20-13-18(26)7-8-21(20)27)14-16-11-19(12-16)31-22-6-4-5-17(23(22)25)15-29-9-2-3-10-29/h4-8,13,16,19H,2-3,9-12,14-15H2,1H3. The Morgan fingerprint density at radius 2 is 1.94 bits per heavy atom. The third-order valence-electron chi connectivity index (χ3n) is 6.16. The number of carbonyl (C=O) groups is 1. The van der Waals surface area contributed by atoms with E-state index in [-0.39, 0.29) is 17.6 Å². The first-order chi connectivity index (χ1) is 14.9. The number of ether oxygens (including phenoxy) is 1. The van der Waals surface area contributed by atoms with Crippen molar-refractivity contribution in [2.24, 2.45) is 5.92 Å². The molecule has 4 rings (SSSR count). The maximum absolute atomic E-state index is 13.9. The zero-order valence-corrected chi connectivity index (χ0v) is 18.4. The lowest BCUT2D eigenvalue weighted by atomic mass is 9.82. The second-order valence-electron chi connectivity index (χ2n) is 8.60. The molecule has 2 fully saturated rings. The molecule has 166 valence electrons. The average molecular weight is 449 g/mol. The molecule has 7 heteroatoms. The summed E-state index contributed by atoms with van der Waals surface area (Å²) in [7, 11) is 1.61. The van der Waals surface area contributed by atoms with E-state index >= 15 is 0 Å². The van der Waals surface area contributed by atoms with E-state index in [4.69, 9.17) is 16.3 Å². The molecule has 2 aromatic rings. The fourth-order valence-electron chi connectivity index (χ4n) is 4.39. The number of nitrogens with zero attached hydrogens (tertiary/aromatic N) is 2. The molecule has 0 unspecified atom stereocenters. The van der Waals surface area contributed by atoms with Crippen LogP contribution in [0, 0.1) is 17.6 Å². The molecule has 31 heavy (non-hydrogen) atoms. The Balaban J connectivity index is 1.28. The van der Waals surface area contributed by atoms with Crippen LogP contribution in [-0.2, 0) is 6.54 Å². The molecule has 1 saturated carbocycles. The van der Waals surface area contributed by atoms with Crippen molar-refractivity contribution in [1.82, 2.24) is 9.80 Å². The molecule has 1 heterocycles. The van der Waals surface area contributed by atoms with Gasteiger partial charge in [0.1, 0.15) is 17.4 Å². The first kappa shape index (κ1) is 22.0. The summed E-state index contributed by atoms with van der Waals surface area (Å²) in [5.74, 6) is -0.898. The fourth-order valence-corrected chi connectivity index (χ4v) is 4.62. The zero-order chi connectivity index (χ0) is 22.0. The number of halogens is 3. The van der Waals surface area contributed by atoms with E-state index < -0.39 is 17.5 Å². The van der Waals surface area contributed by atoms with Crippen molar-refractivity contribution in [1.29, 1.82) is 0 Å². The molecule has 0 aromatic heterocycles. The van der Waals surface area contributed by atoms with Crippen molar-refractivity contribution in [3.05, 3.63) is 64.2 Å². The molecule has 0 radical (unpaired) electrons. The third-order valence-corrected chi connectivity index (χ3v) is 6.59. The minimum Gasteiger partial charge on any atom is -0.489 e. The highest BCUT2D eigenvalue weighted by Crippen LogP contribution is 2.36. The van der Waals surface area contributed by atoms with E-state index in [9.17, 15) is 13.6 Å². The molecule has 2 aliphatic rings. The van der Waals surface area contributed by atoms with Crippen LogP contribution in [0.1, 0.15) is 41.6 Å². The SMILES string of the molecule is CN(CC1CC(Oc2cccc(CN3CCCC3)c2Cl)C1)C(=O)c1cc(F)ccc1F. The van der Waals surface area contributed by atoms with Crippen LogP contribution >= 0.6 is 11.6 Å². The van der Waals surface area contributed by atoms with E-state index in [1.165, 1.54) is 17.7 Å². The number of benzene rings is 2. The smallest absolute Gasteiger partial charge is 0.256 e. The molecule has 0 bridgehead atoms. The molecule has 1 aliphatic heterocycles. The van der Waals surface area contributed by atoms with Crippen molar-refractivity contribution in [2.75, 3.05) is 26.7 Å². The number of hydrogen-bond donors (Lipinski definition) is 0. The van der Waals surface area contributed by atoms with E-state index in [0.29, 0.717) is 17.3 Å². The molecular weight excluding hydrogens is 422 g/mol. The quantitative estimate of drug-likeness (QED) is 0.587. The molecule has 1 amide bonds. The normalized spacial score (nSPS) is 21.0. The van der Waals surface area contributed by atoms with Gasteiger partial charge in [0.2, 0.25) is 0 Å². The summed E-state index contributed by atoms with van der Waals surface area (Å²) in [6.07, 6.45) is 4.09. The number of likely N-dealkylation sites (tertiary alicyclic amines) is 1. The predicted octanol–water partition coefficient (Wildman–Crippen LogP) is 5.14. The summed E-state index contributed by atoms with van der Waals surface area (Å²) >= 11 is 6.60. The molecule has 1 saturated heterocycles. The maximum Gasteiger partial charge on any atom is 0.256 e. The van der Waals surface area contributed by atoms with E-state index in [0.717, 1.165) is 56.2 Å². The van der Waals surface area contributed by atoms with Gasteiger partial charge < -0.3 is 9.64 Å². The highest BCUT2D eigenvalue weighted by atomic mass is 35.5. The second kappa shape index (κ2) is 9.53. The molecule has 0 spiro atoms. The van der Waals surface area contributed by atoms with Crippen LogP contribution in [0.15, 0.2) is 36.4 Å². The molecule has 4 nitrogen and oxygen atoms in total.